The number of rotatable bonds is 4. The van der Waals surface area contributed by atoms with E-state index in [1.54, 1.807) is 0 Å². The van der Waals surface area contributed by atoms with Crippen LogP contribution in [0.15, 0.2) is 12.5 Å². The Labute approximate surface area is 230 Å². The van der Waals surface area contributed by atoms with Gasteiger partial charge in [-0.1, -0.05) is 12.8 Å². The first kappa shape index (κ1) is 32.3. The summed E-state index contributed by atoms with van der Waals surface area (Å²) in [5.41, 5.74) is 1.09. The van der Waals surface area contributed by atoms with Crippen LogP contribution in [0.5, 0.6) is 0 Å². The number of piperidine rings is 2. The molecule has 4 aliphatic rings. The number of imidazole rings is 1. The van der Waals surface area contributed by atoms with Gasteiger partial charge in [-0.05, 0) is 121 Å². The highest BCUT2D eigenvalue weighted by Gasteiger charge is 2.39. The predicted molar refractivity (Wildman–Crippen MR) is 158 cm³/mol. The van der Waals surface area contributed by atoms with Gasteiger partial charge in [-0.2, -0.15) is 0 Å². The summed E-state index contributed by atoms with van der Waals surface area (Å²) in [7, 11) is 0. The maximum absolute atomic E-state index is 5.49. The van der Waals surface area contributed by atoms with Crippen molar-refractivity contribution in [2.24, 2.45) is 0 Å². The zero-order chi connectivity index (χ0) is 27.4. The van der Waals surface area contributed by atoms with Gasteiger partial charge in [0.05, 0.1) is 24.7 Å². The predicted octanol–water partition coefficient (Wildman–Crippen LogP) is 6.40. The molecule has 0 N–H and O–H groups in total. The van der Waals surface area contributed by atoms with E-state index in [1.807, 2.05) is 19.4 Å². The van der Waals surface area contributed by atoms with Crippen molar-refractivity contribution >= 4 is 0 Å². The van der Waals surface area contributed by atoms with Gasteiger partial charge >= 0.3 is 0 Å². The number of aryl methyl sites for hydroxylation is 1. The van der Waals surface area contributed by atoms with E-state index in [2.05, 4.69) is 79.6 Å². The van der Waals surface area contributed by atoms with Gasteiger partial charge in [-0.15, -0.1) is 0 Å². The Bertz CT molecular complexity index is 682. The lowest BCUT2D eigenvalue weighted by Crippen LogP contribution is -2.41. The van der Waals surface area contributed by atoms with Gasteiger partial charge in [0.25, 0.3) is 0 Å². The number of morpholine rings is 1. The molecule has 1 aromatic heterocycles. The van der Waals surface area contributed by atoms with Gasteiger partial charge in [0.1, 0.15) is 0 Å². The van der Waals surface area contributed by atoms with Crippen LogP contribution in [-0.4, -0.2) is 93.9 Å². The normalized spacial score (nSPS) is 24.6. The number of ether oxygens (including phenoxy) is 1. The minimum atomic E-state index is 0.534. The fourth-order valence-electron chi connectivity index (χ4n) is 5.65. The molecule has 37 heavy (non-hydrogen) atoms. The molecule has 5 heterocycles. The average molecular weight is 520 g/mol. The molecule has 4 saturated heterocycles. The van der Waals surface area contributed by atoms with Gasteiger partial charge in [0, 0.05) is 43.0 Å². The van der Waals surface area contributed by atoms with Gasteiger partial charge in [-0.25, -0.2) is 4.98 Å². The van der Waals surface area contributed by atoms with Crippen molar-refractivity contribution in [2.45, 2.75) is 144 Å². The summed E-state index contributed by atoms with van der Waals surface area (Å²) in [4.78, 5) is 11.8. The number of likely N-dealkylation sites (tertiary alicyclic amines) is 3. The van der Waals surface area contributed by atoms with E-state index in [-0.39, 0.29) is 0 Å². The summed E-state index contributed by atoms with van der Waals surface area (Å²) in [5, 5.41) is 0. The van der Waals surface area contributed by atoms with E-state index in [9.17, 15) is 0 Å². The van der Waals surface area contributed by atoms with E-state index < -0.39 is 0 Å². The average Bonchev–Trinajstić information content (AvgIpc) is 3.64. The number of hydrogen-bond acceptors (Lipinski definition) is 5. The fourth-order valence-corrected chi connectivity index (χ4v) is 5.65. The van der Waals surface area contributed by atoms with Crippen LogP contribution >= 0.6 is 0 Å². The molecular weight excluding hydrogens is 458 g/mol. The molecule has 6 nitrogen and oxygen atoms in total. The summed E-state index contributed by atoms with van der Waals surface area (Å²) in [5.74, 6) is 0. The summed E-state index contributed by atoms with van der Waals surface area (Å²) < 4.78 is 7.58. The molecular formula is C31H61N5O. The highest BCUT2D eigenvalue weighted by Crippen LogP contribution is 2.29. The first-order valence-corrected chi connectivity index (χ1v) is 15.4. The minimum Gasteiger partial charge on any atom is -0.375 e. The van der Waals surface area contributed by atoms with Crippen LogP contribution in [0.4, 0.5) is 0 Å². The second kappa shape index (κ2) is 16.9. The van der Waals surface area contributed by atoms with Crippen LogP contribution in [0.25, 0.3) is 0 Å². The third kappa shape index (κ3) is 11.8. The second-order valence-electron chi connectivity index (χ2n) is 12.6. The maximum atomic E-state index is 5.49. The maximum Gasteiger partial charge on any atom is 0.0951 e. The molecule has 4 aliphatic heterocycles. The lowest BCUT2D eigenvalue weighted by Gasteiger charge is -2.30. The highest BCUT2D eigenvalue weighted by molar-refractivity contribution is 4.93. The van der Waals surface area contributed by atoms with Crippen LogP contribution in [0, 0.1) is 6.92 Å². The van der Waals surface area contributed by atoms with E-state index in [0.717, 1.165) is 30.4 Å². The molecule has 1 aromatic rings. The largest absolute Gasteiger partial charge is 0.375 e. The zero-order valence-corrected chi connectivity index (χ0v) is 26.0. The van der Waals surface area contributed by atoms with Gasteiger partial charge in [0.15, 0.2) is 0 Å². The molecule has 0 aromatic carbocycles. The lowest BCUT2D eigenvalue weighted by molar-refractivity contribution is 0.0179. The summed E-state index contributed by atoms with van der Waals surface area (Å²) in [6.45, 7) is 27.4. The van der Waals surface area contributed by atoms with E-state index in [4.69, 9.17) is 4.74 Å². The van der Waals surface area contributed by atoms with Crippen LogP contribution in [0.3, 0.4) is 0 Å². The molecule has 4 fully saturated rings. The van der Waals surface area contributed by atoms with E-state index >= 15 is 0 Å². The smallest absolute Gasteiger partial charge is 0.0951 e. The number of hydrogen-bond donors (Lipinski definition) is 0. The standard InChI is InChI=1S/C8H15NO.2C8H17N.C7H12N2/c1-6(2)9-4-8-3-7(9)5-10-8;2*1-8(2)9-6-4-3-5-7-9;1-6(2)9-4-7(3)8-5-9/h6-8H,3-5H2,1-2H3;2*8H,3-7H2,1-2H3;4-6H,1-3H3. The molecule has 0 spiro atoms. The Morgan fingerprint density at radius 3 is 1.46 bits per heavy atom. The second-order valence-corrected chi connectivity index (χ2v) is 12.6. The highest BCUT2D eigenvalue weighted by atomic mass is 16.5. The van der Waals surface area contributed by atoms with E-state index in [1.165, 1.54) is 77.7 Å². The van der Waals surface area contributed by atoms with Crippen LogP contribution in [-0.2, 0) is 4.74 Å². The van der Waals surface area contributed by atoms with Crippen molar-refractivity contribution in [3.05, 3.63) is 18.2 Å². The van der Waals surface area contributed by atoms with Crippen LogP contribution < -0.4 is 0 Å². The Kier molecular flexibility index (Phi) is 14.7. The first-order valence-electron chi connectivity index (χ1n) is 15.4. The molecule has 0 aliphatic carbocycles. The summed E-state index contributed by atoms with van der Waals surface area (Å²) in [6, 6.07) is 3.52. The monoisotopic (exact) mass is 519 g/mol. The topological polar surface area (TPSA) is 36.8 Å². The Balaban J connectivity index is 0.000000174. The molecule has 0 saturated carbocycles. The van der Waals surface area contributed by atoms with Crippen molar-refractivity contribution in [1.82, 2.24) is 24.3 Å². The molecule has 2 bridgehead atoms. The third-order valence-electron chi connectivity index (χ3n) is 8.17. The van der Waals surface area contributed by atoms with Crippen LogP contribution in [0.2, 0.25) is 0 Å². The number of nitrogens with zero attached hydrogens (tertiary/aromatic N) is 5. The Hall–Kier alpha value is -0.950. The Morgan fingerprint density at radius 2 is 1.24 bits per heavy atom. The molecule has 0 radical (unpaired) electrons. The van der Waals surface area contributed by atoms with Gasteiger partial charge in [0.2, 0.25) is 0 Å². The Morgan fingerprint density at radius 1 is 0.730 bits per heavy atom. The van der Waals surface area contributed by atoms with Crippen molar-refractivity contribution in [1.29, 1.82) is 0 Å². The third-order valence-corrected chi connectivity index (χ3v) is 8.17. The quantitative estimate of drug-likeness (QED) is 0.460. The van der Waals surface area contributed by atoms with Crippen molar-refractivity contribution in [2.75, 3.05) is 39.3 Å². The fraction of sp³-hybridized carbons (Fsp3) is 0.903. The lowest BCUT2D eigenvalue weighted by atomic mass is 10.1. The first-order chi connectivity index (χ1) is 17.6. The minimum absolute atomic E-state index is 0.534. The molecule has 216 valence electrons. The zero-order valence-electron chi connectivity index (χ0n) is 26.0. The van der Waals surface area contributed by atoms with E-state index in [0.29, 0.717) is 18.2 Å². The molecule has 5 rings (SSSR count). The van der Waals surface area contributed by atoms with Gasteiger partial charge < -0.3 is 19.1 Å². The van der Waals surface area contributed by atoms with Crippen molar-refractivity contribution in [3.8, 4) is 0 Å². The molecule has 6 heteroatoms. The molecule has 0 amide bonds. The van der Waals surface area contributed by atoms with Gasteiger partial charge in [-0.3, -0.25) is 4.90 Å². The molecule has 2 unspecified atom stereocenters. The molecule has 2 atom stereocenters. The SMILES string of the molecule is CC(C)N1CC2CC1CO2.CC(C)N1CCCCC1.CC(C)N1CCCCC1.Cc1cn(C(C)C)cn1. The number of aromatic nitrogens is 2. The van der Waals surface area contributed by atoms with Crippen molar-refractivity contribution in [3.63, 3.8) is 0 Å². The van der Waals surface area contributed by atoms with Crippen LogP contribution in [0.1, 0.15) is 112 Å². The summed E-state index contributed by atoms with van der Waals surface area (Å²) in [6.07, 6.45) is 14.3. The summed E-state index contributed by atoms with van der Waals surface area (Å²) >= 11 is 0. The van der Waals surface area contributed by atoms with Crippen molar-refractivity contribution < 1.29 is 4.74 Å². The number of fused-ring (bicyclic) bond motifs is 2.